The number of carbonyl (C=O) groups is 4. The molecule has 1 aliphatic heterocycles. The molecule has 0 aromatic heterocycles. The van der Waals surface area contributed by atoms with Crippen molar-refractivity contribution in [1.29, 1.82) is 0 Å². The first-order chi connectivity index (χ1) is 19.3. The van der Waals surface area contributed by atoms with Crippen LogP contribution in [0.2, 0.25) is 0 Å². The van der Waals surface area contributed by atoms with Crippen LogP contribution in [0.3, 0.4) is 0 Å². The normalized spacial score (nSPS) is 22.4. The van der Waals surface area contributed by atoms with E-state index >= 15 is 0 Å². The third-order valence-electron chi connectivity index (χ3n) is 6.38. The van der Waals surface area contributed by atoms with Crippen molar-refractivity contribution >= 4 is 29.6 Å². The molecule has 0 spiro atoms. The molecule has 0 unspecified atom stereocenters. The molecular formula is C30H45NO10. The Balaban J connectivity index is 1.92. The van der Waals surface area contributed by atoms with Crippen LogP contribution in [0, 0.1) is 0 Å². The van der Waals surface area contributed by atoms with Gasteiger partial charge in [-0.25, -0.2) is 0 Å². The van der Waals surface area contributed by atoms with Gasteiger partial charge >= 0.3 is 23.9 Å². The standard InChI is InChI=1S/C30H45NO10/c1-19(32)37-18-25-26(38-20(2)33)27(39-21(3)34)28(40-22(4)35)29(41-25)36-17-11-9-8-10-16-31-24-14-12-23(13-15-24)30(5,6)7/h12-15,25-29,31H,8-11,16-18H2,1-7H3/t25-,26-,27+,28+,29+/m1/s1. The number of rotatable bonds is 14. The molecule has 1 aromatic carbocycles. The van der Waals surface area contributed by atoms with Gasteiger partial charge in [0.15, 0.2) is 24.6 Å². The van der Waals surface area contributed by atoms with Crippen LogP contribution in [0.5, 0.6) is 0 Å². The third-order valence-corrected chi connectivity index (χ3v) is 6.38. The first-order valence-electron chi connectivity index (χ1n) is 14.0. The van der Waals surface area contributed by atoms with Crippen LogP contribution < -0.4 is 5.32 Å². The van der Waals surface area contributed by atoms with Crippen LogP contribution in [0.25, 0.3) is 0 Å². The van der Waals surface area contributed by atoms with Gasteiger partial charge in [-0.05, 0) is 36.0 Å². The summed E-state index contributed by atoms with van der Waals surface area (Å²) in [6.07, 6.45) is -2.28. The fourth-order valence-corrected chi connectivity index (χ4v) is 4.42. The van der Waals surface area contributed by atoms with E-state index in [9.17, 15) is 19.2 Å². The number of benzene rings is 1. The molecule has 1 heterocycles. The van der Waals surface area contributed by atoms with Gasteiger partial charge in [0.25, 0.3) is 0 Å². The molecule has 5 atom stereocenters. The minimum Gasteiger partial charge on any atom is -0.463 e. The molecule has 11 heteroatoms. The largest absolute Gasteiger partial charge is 0.463 e. The number of carbonyl (C=O) groups excluding carboxylic acids is 4. The summed E-state index contributed by atoms with van der Waals surface area (Å²) in [5.74, 6) is -2.60. The van der Waals surface area contributed by atoms with Crippen LogP contribution in [0.1, 0.15) is 79.7 Å². The average molecular weight is 580 g/mol. The zero-order chi connectivity index (χ0) is 30.6. The maximum absolute atomic E-state index is 11.9. The van der Waals surface area contributed by atoms with Crippen LogP contribution in [0.15, 0.2) is 24.3 Å². The van der Waals surface area contributed by atoms with Crippen LogP contribution in [0.4, 0.5) is 5.69 Å². The fraction of sp³-hybridized carbons (Fsp3) is 0.667. The summed E-state index contributed by atoms with van der Waals surface area (Å²) < 4.78 is 33.1. The lowest BCUT2D eigenvalue weighted by atomic mass is 9.87. The van der Waals surface area contributed by atoms with E-state index in [0.29, 0.717) is 6.42 Å². The molecule has 1 aromatic rings. The summed E-state index contributed by atoms with van der Waals surface area (Å²) in [7, 11) is 0. The number of hydrogen-bond donors (Lipinski definition) is 1. The maximum Gasteiger partial charge on any atom is 0.303 e. The Morgan fingerprint density at radius 3 is 1.88 bits per heavy atom. The summed E-state index contributed by atoms with van der Waals surface area (Å²) in [6.45, 7) is 12.2. The molecular weight excluding hydrogens is 534 g/mol. The van der Waals surface area contributed by atoms with Gasteiger partial charge in [-0.15, -0.1) is 0 Å². The SMILES string of the molecule is CC(=O)OC[C@H]1O[C@H](OCCCCCCNc2ccc(C(C)(C)C)cc2)[C@@H](OC(C)=O)[C@@H](OC(C)=O)[C@@H]1OC(C)=O. The molecule has 0 aliphatic carbocycles. The van der Waals surface area contributed by atoms with Gasteiger partial charge in [-0.3, -0.25) is 19.2 Å². The molecule has 0 amide bonds. The van der Waals surface area contributed by atoms with Crippen molar-refractivity contribution in [3.63, 3.8) is 0 Å². The van der Waals surface area contributed by atoms with Gasteiger partial charge in [0.05, 0.1) is 0 Å². The van der Waals surface area contributed by atoms with E-state index in [1.807, 2.05) is 0 Å². The van der Waals surface area contributed by atoms with Crippen LogP contribution in [-0.4, -0.2) is 74.3 Å². The summed E-state index contributed by atoms with van der Waals surface area (Å²) in [5.41, 5.74) is 2.50. The zero-order valence-corrected chi connectivity index (χ0v) is 25.2. The van der Waals surface area contributed by atoms with E-state index in [-0.39, 0.29) is 18.6 Å². The maximum atomic E-state index is 11.9. The van der Waals surface area contributed by atoms with E-state index in [1.54, 1.807) is 0 Å². The van der Waals surface area contributed by atoms with E-state index in [2.05, 4.69) is 50.4 Å². The number of ether oxygens (including phenoxy) is 6. The molecule has 2 rings (SSSR count). The highest BCUT2D eigenvalue weighted by Gasteiger charge is 2.52. The highest BCUT2D eigenvalue weighted by atomic mass is 16.7. The van der Waals surface area contributed by atoms with E-state index in [1.165, 1.54) is 33.3 Å². The Morgan fingerprint density at radius 1 is 0.756 bits per heavy atom. The van der Waals surface area contributed by atoms with Crippen LogP contribution in [-0.2, 0) is 53.0 Å². The lowest BCUT2D eigenvalue weighted by Gasteiger charge is -2.44. The van der Waals surface area contributed by atoms with Crippen molar-refractivity contribution < 1.29 is 47.6 Å². The average Bonchev–Trinajstić information content (AvgIpc) is 2.86. The summed E-state index contributed by atoms with van der Waals surface area (Å²) in [6, 6.07) is 8.49. The minimum atomic E-state index is -1.23. The smallest absolute Gasteiger partial charge is 0.303 e. The van der Waals surface area contributed by atoms with E-state index < -0.39 is 54.6 Å². The first-order valence-corrected chi connectivity index (χ1v) is 14.0. The highest BCUT2D eigenvalue weighted by Crippen LogP contribution is 2.30. The molecule has 1 N–H and O–H groups in total. The van der Waals surface area contributed by atoms with Gasteiger partial charge in [0.1, 0.15) is 12.7 Å². The number of nitrogens with one attached hydrogen (secondary N) is 1. The molecule has 1 fully saturated rings. The van der Waals surface area contributed by atoms with Crippen molar-refractivity contribution in [2.45, 2.75) is 110 Å². The van der Waals surface area contributed by atoms with Gasteiger partial charge < -0.3 is 33.7 Å². The molecule has 1 saturated heterocycles. The molecule has 230 valence electrons. The topological polar surface area (TPSA) is 136 Å². The number of anilines is 1. The number of hydrogen-bond acceptors (Lipinski definition) is 11. The quantitative estimate of drug-likeness (QED) is 0.194. The van der Waals surface area contributed by atoms with Crippen molar-refractivity contribution in [3.8, 4) is 0 Å². The monoisotopic (exact) mass is 579 g/mol. The molecule has 0 bridgehead atoms. The van der Waals surface area contributed by atoms with Crippen LogP contribution >= 0.6 is 0 Å². The Hall–Kier alpha value is -3.18. The molecule has 0 radical (unpaired) electrons. The molecule has 11 nitrogen and oxygen atoms in total. The van der Waals surface area contributed by atoms with E-state index in [4.69, 9.17) is 28.4 Å². The zero-order valence-electron chi connectivity index (χ0n) is 25.2. The van der Waals surface area contributed by atoms with Gasteiger partial charge in [-0.1, -0.05) is 45.7 Å². The predicted molar refractivity (Wildman–Crippen MR) is 150 cm³/mol. The lowest BCUT2D eigenvalue weighted by Crippen LogP contribution is -2.63. The lowest BCUT2D eigenvalue weighted by molar-refractivity contribution is -0.308. The molecule has 1 aliphatic rings. The summed E-state index contributed by atoms with van der Waals surface area (Å²) >= 11 is 0. The second-order valence-electron chi connectivity index (χ2n) is 11.1. The summed E-state index contributed by atoms with van der Waals surface area (Å²) in [5, 5.41) is 3.44. The van der Waals surface area contributed by atoms with Crippen molar-refractivity contribution in [3.05, 3.63) is 29.8 Å². The number of esters is 4. The Labute approximate surface area is 242 Å². The Bertz CT molecular complexity index is 1000. The van der Waals surface area contributed by atoms with Gasteiger partial charge in [-0.2, -0.15) is 0 Å². The first kappa shape index (κ1) is 34.0. The Kier molecular flexibility index (Phi) is 13.5. The van der Waals surface area contributed by atoms with Crippen molar-refractivity contribution in [1.82, 2.24) is 0 Å². The predicted octanol–water partition coefficient (Wildman–Crippen LogP) is 4.06. The molecule has 0 saturated carbocycles. The third kappa shape index (κ3) is 12.1. The van der Waals surface area contributed by atoms with Gasteiger partial charge in [0, 0.05) is 46.5 Å². The van der Waals surface area contributed by atoms with Crippen molar-refractivity contribution in [2.24, 2.45) is 0 Å². The Morgan fingerprint density at radius 2 is 1.32 bits per heavy atom. The second kappa shape index (κ2) is 16.3. The highest BCUT2D eigenvalue weighted by molar-refractivity contribution is 5.68. The van der Waals surface area contributed by atoms with E-state index in [0.717, 1.165) is 31.5 Å². The number of unbranched alkanes of at least 4 members (excludes halogenated alkanes) is 3. The second-order valence-corrected chi connectivity index (χ2v) is 11.1. The molecule has 41 heavy (non-hydrogen) atoms. The van der Waals surface area contributed by atoms with Crippen molar-refractivity contribution in [2.75, 3.05) is 25.1 Å². The fourth-order valence-electron chi connectivity index (χ4n) is 4.42. The van der Waals surface area contributed by atoms with Gasteiger partial charge in [0.2, 0.25) is 0 Å². The minimum absolute atomic E-state index is 0.121. The summed E-state index contributed by atoms with van der Waals surface area (Å²) in [4.78, 5) is 47.1.